The fourth-order valence-electron chi connectivity index (χ4n) is 3.80. The molecule has 0 atom stereocenters. The van der Waals surface area contributed by atoms with Crippen molar-refractivity contribution in [2.75, 3.05) is 6.61 Å². The van der Waals surface area contributed by atoms with Gasteiger partial charge in [-0.1, -0.05) is 0 Å². The number of halogens is 2. The molecule has 2 heterocycles. The summed E-state index contributed by atoms with van der Waals surface area (Å²) in [7, 11) is 0. The van der Waals surface area contributed by atoms with Gasteiger partial charge in [0.2, 0.25) is 5.43 Å². The molecule has 2 aromatic heterocycles. The summed E-state index contributed by atoms with van der Waals surface area (Å²) in [5, 5.41) is 0.185. The zero-order chi connectivity index (χ0) is 23.8. The Morgan fingerprint density at radius 3 is 2.06 bits per heavy atom. The number of esters is 1. The number of aromatic amines is 1. The lowest BCUT2D eigenvalue weighted by Gasteiger charge is -2.12. The van der Waals surface area contributed by atoms with Crippen LogP contribution < -0.4 is 5.43 Å². The molecule has 0 unspecified atom stereocenters. The summed E-state index contributed by atoms with van der Waals surface area (Å²) < 4.78 is 32.1. The van der Waals surface area contributed by atoms with Crippen LogP contribution in [0.15, 0.2) is 71.7 Å². The molecule has 0 saturated heterocycles. The van der Waals surface area contributed by atoms with Gasteiger partial charge in [0, 0.05) is 17.3 Å². The normalized spacial score (nSPS) is 11.1. The number of carbonyl (C=O) groups is 1. The van der Waals surface area contributed by atoms with Gasteiger partial charge in [-0.25, -0.2) is 23.5 Å². The average molecular weight is 457 g/mol. The molecule has 0 amide bonds. The third-order valence-electron chi connectivity index (χ3n) is 5.41. The van der Waals surface area contributed by atoms with Crippen LogP contribution in [0, 0.1) is 11.6 Å². The lowest BCUT2D eigenvalue weighted by molar-refractivity contribution is 0.0524. The van der Waals surface area contributed by atoms with E-state index in [1.54, 1.807) is 43.3 Å². The van der Waals surface area contributed by atoms with Crippen molar-refractivity contribution in [1.82, 2.24) is 15.0 Å². The number of fused-ring (bicyclic) bond motifs is 3. The molecule has 8 heteroatoms. The monoisotopic (exact) mass is 457 g/mol. The molecule has 1 N–H and O–H groups in total. The van der Waals surface area contributed by atoms with Crippen LogP contribution in [0.3, 0.4) is 0 Å². The average Bonchev–Trinajstić information content (AvgIpc) is 2.84. The summed E-state index contributed by atoms with van der Waals surface area (Å²) >= 11 is 0. The zero-order valence-electron chi connectivity index (χ0n) is 17.9. The van der Waals surface area contributed by atoms with E-state index >= 15 is 0 Å². The van der Waals surface area contributed by atoms with Crippen molar-refractivity contribution in [3.05, 3.63) is 94.3 Å². The topological polar surface area (TPSA) is 84.9 Å². The van der Waals surface area contributed by atoms with Gasteiger partial charge in [-0.05, 0) is 67.6 Å². The Kier molecular flexibility index (Phi) is 5.33. The maximum absolute atomic E-state index is 13.6. The maximum Gasteiger partial charge on any atom is 0.343 e. The number of carbonyl (C=O) groups excluding carboxylic acids is 1. The Labute approximate surface area is 191 Å². The van der Waals surface area contributed by atoms with Crippen molar-refractivity contribution < 1.29 is 18.3 Å². The molecule has 6 nitrogen and oxygen atoms in total. The van der Waals surface area contributed by atoms with E-state index in [9.17, 15) is 18.4 Å². The molecule has 0 aliphatic rings. The van der Waals surface area contributed by atoms with Crippen LogP contribution in [0.5, 0.6) is 0 Å². The van der Waals surface area contributed by atoms with Crippen LogP contribution in [0.1, 0.15) is 17.3 Å². The Hall–Kier alpha value is -4.46. The van der Waals surface area contributed by atoms with Crippen LogP contribution in [-0.4, -0.2) is 27.5 Å². The summed E-state index contributed by atoms with van der Waals surface area (Å²) in [5.74, 6) is -1.55. The van der Waals surface area contributed by atoms with E-state index in [1.807, 2.05) is 0 Å². The summed E-state index contributed by atoms with van der Waals surface area (Å²) in [5.41, 5.74) is 2.46. The highest BCUT2D eigenvalue weighted by Gasteiger charge is 2.19. The third-order valence-corrected chi connectivity index (χ3v) is 5.41. The molecule has 0 aliphatic carbocycles. The number of nitrogens with one attached hydrogen (secondary N) is 1. The molecule has 0 saturated carbocycles. The fraction of sp³-hybridized carbons (Fsp3) is 0.0769. The second kappa shape index (κ2) is 8.47. The van der Waals surface area contributed by atoms with Crippen molar-refractivity contribution in [2.45, 2.75) is 6.92 Å². The zero-order valence-corrected chi connectivity index (χ0v) is 17.9. The van der Waals surface area contributed by atoms with E-state index in [2.05, 4.69) is 4.98 Å². The van der Waals surface area contributed by atoms with Crippen LogP contribution in [0.25, 0.3) is 44.5 Å². The quantitative estimate of drug-likeness (QED) is 0.294. The standard InChI is InChI=1S/C26H17F2N3O3/c1-2-34-26(33)18-13-29-19-11-12-20-24(21(19)25(18)32)31-23(15-5-9-17(28)10-6-15)22(30-20)14-3-7-16(27)8-4-14/h3-13H,2H2,1H3,(H,29,32). The number of nitrogens with zero attached hydrogens (tertiary/aromatic N) is 2. The van der Waals surface area contributed by atoms with Gasteiger partial charge >= 0.3 is 5.97 Å². The fourth-order valence-corrected chi connectivity index (χ4v) is 3.80. The number of benzene rings is 3. The molecule has 5 aromatic rings. The molecule has 5 rings (SSSR count). The van der Waals surface area contributed by atoms with Crippen molar-refractivity contribution in [2.24, 2.45) is 0 Å². The molecule has 0 bridgehead atoms. The first-order valence-corrected chi connectivity index (χ1v) is 10.5. The van der Waals surface area contributed by atoms with Crippen molar-refractivity contribution in [3.8, 4) is 22.5 Å². The first kappa shape index (κ1) is 21.4. The summed E-state index contributed by atoms with van der Waals surface area (Å²) in [6.45, 7) is 1.78. The van der Waals surface area contributed by atoms with Gasteiger partial charge in [0.15, 0.2) is 0 Å². The van der Waals surface area contributed by atoms with E-state index in [-0.39, 0.29) is 23.1 Å². The first-order chi connectivity index (χ1) is 16.5. The summed E-state index contributed by atoms with van der Waals surface area (Å²) in [6.07, 6.45) is 1.32. The minimum absolute atomic E-state index is 0.126. The van der Waals surface area contributed by atoms with E-state index in [0.29, 0.717) is 33.5 Å². The summed E-state index contributed by atoms with van der Waals surface area (Å²) in [4.78, 5) is 38.0. The van der Waals surface area contributed by atoms with Gasteiger partial charge in [-0.3, -0.25) is 4.79 Å². The second-order valence-corrected chi connectivity index (χ2v) is 7.54. The Morgan fingerprint density at radius 2 is 1.47 bits per heavy atom. The third kappa shape index (κ3) is 3.69. The number of hydrogen-bond acceptors (Lipinski definition) is 5. The smallest absolute Gasteiger partial charge is 0.343 e. The molecular weight excluding hydrogens is 440 g/mol. The minimum atomic E-state index is -0.739. The predicted molar refractivity (Wildman–Crippen MR) is 124 cm³/mol. The van der Waals surface area contributed by atoms with Crippen LogP contribution in [0.4, 0.5) is 8.78 Å². The number of ether oxygens (including phenoxy) is 1. The number of hydrogen-bond donors (Lipinski definition) is 1. The number of aromatic nitrogens is 3. The van der Waals surface area contributed by atoms with E-state index < -0.39 is 23.0 Å². The lowest BCUT2D eigenvalue weighted by Crippen LogP contribution is -2.18. The lowest BCUT2D eigenvalue weighted by atomic mass is 10.0. The van der Waals surface area contributed by atoms with Gasteiger partial charge < -0.3 is 9.72 Å². The van der Waals surface area contributed by atoms with E-state index in [0.717, 1.165) is 0 Å². The molecular formula is C26H17F2N3O3. The molecule has 0 spiro atoms. The van der Waals surface area contributed by atoms with Gasteiger partial charge in [0.1, 0.15) is 22.7 Å². The van der Waals surface area contributed by atoms with Crippen molar-refractivity contribution in [3.63, 3.8) is 0 Å². The predicted octanol–water partition coefficient (Wildman–Crippen LogP) is 5.26. The van der Waals surface area contributed by atoms with Gasteiger partial charge in [-0.2, -0.15) is 0 Å². The van der Waals surface area contributed by atoms with E-state index in [4.69, 9.17) is 14.7 Å². The number of H-pyrrole nitrogens is 1. The maximum atomic E-state index is 13.6. The molecule has 0 fully saturated rings. The largest absolute Gasteiger partial charge is 0.462 e. The van der Waals surface area contributed by atoms with E-state index in [1.165, 1.54) is 30.5 Å². The molecule has 3 aromatic carbocycles. The number of pyridine rings is 1. The minimum Gasteiger partial charge on any atom is -0.462 e. The molecule has 0 radical (unpaired) electrons. The Bertz CT molecular complexity index is 1610. The highest BCUT2D eigenvalue weighted by Crippen LogP contribution is 2.32. The van der Waals surface area contributed by atoms with Crippen LogP contribution in [0.2, 0.25) is 0 Å². The van der Waals surface area contributed by atoms with Gasteiger partial charge in [0.05, 0.1) is 34.4 Å². The van der Waals surface area contributed by atoms with Gasteiger partial charge in [-0.15, -0.1) is 0 Å². The summed E-state index contributed by atoms with van der Waals surface area (Å²) in [6, 6.07) is 14.8. The van der Waals surface area contributed by atoms with Gasteiger partial charge in [0.25, 0.3) is 0 Å². The van der Waals surface area contributed by atoms with Crippen LogP contribution in [-0.2, 0) is 4.74 Å². The van der Waals surface area contributed by atoms with Crippen molar-refractivity contribution >= 4 is 27.9 Å². The molecule has 168 valence electrons. The molecule has 0 aliphatic heterocycles. The first-order valence-electron chi connectivity index (χ1n) is 10.5. The van der Waals surface area contributed by atoms with Crippen molar-refractivity contribution in [1.29, 1.82) is 0 Å². The second-order valence-electron chi connectivity index (χ2n) is 7.54. The highest BCUT2D eigenvalue weighted by atomic mass is 19.1. The number of rotatable bonds is 4. The Morgan fingerprint density at radius 1 is 0.882 bits per heavy atom. The SMILES string of the molecule is CCOC(=O)c1c[nH]c2ccc3nc(-c4ccc(F)cc4)c(-c4ccc(F)cc4)nc3c2c1=O. The highest BCUT2D eigenvalue weighted by molar-refractivity contribution is 6.06. The van der Waals surface area contributed by atoms with Crippen LogP contribution >= 0.6 is 0 Å². The Balaban J connectivity index is 1.85. The molecule has 34 heavy (non-hydrogen) atoms.